The summed E-state index contributed by atoms with van der Waals surface area (Å²) in [5.74, 6) is 6.11. The van der Waals surface area contributed by atoms with Crippen LogP contribution in [-0.4, -0.2) is 23.4 Å². The molecule has 1 atom stereocenters. The molecule has 0 amide bonds. The van der Waals surface area contributed by atoms with Gasteiger partial charge in [0.05, 0.1) is 12.2 Å². The zero-order valence-corrected chi connectivity index (χ0v) is 8.07. The van der Waals surface area contributed by atoms with E-state index < -0.39 is 0 Å². The van der Waals surface area contributed by atoms with E-state index in [1.54, 1.807) is 0 Å². The standard InChI is InChI=1S/C9H16N4O/c10-13-9(8-5-11-12-6-8)7-1-3-14-4-2-7/h5-7,9,13H,1-4,10H2,(H,11,12). The third kappa shape index (κ3) is 1.95. The van der Waals surface area contributed by atoms with Crippen LogP contribution < -0.4 is 11.3 Å². The van der Waals surface area contributed by atoms with Crippen LogP contribution in [0, 0.1) is 5.92 Å². The van der Waals surface area contributed by atoms with Gasteiger partial charge >= 0.3 is 0 Å². The Bertz CT molecular complexity index is 256. The maximum absolute atomic E-state index is 5.56. The summed E-state index contributed by atoms with van der Waals surface area (Å²) in [6.07, 6.45) is 5.82. The minimum Gasteiger partial charge on any atom is -0.381 e. The number of nitrogens with zero attached hydrogens (tertiary/aromatic N) is 1. The van der Waals surface area contributed by atoms with Crippen molar-refractivity contribution in [1.29, 1.82) is 0 Å². The molecule has 4 N–H and O–H groups in total. The number of nitrogens with one attached hydrogen (secondary N) is 2. The van der Waals surface area contributed by atoms with Gasteiger partial charge in [0.1, 0.15) is 0 Å². The number of hydrogen-bond acceptors (Lipinski definition) is 4. The highest BCUT2D eigenvalue weighted by Gasteiger charge is 2.24. The van der Waals surface area contributed by atoms with E-state index in [2.05, 4.69) is 15.6 Å². The molecule has 1 aliphatic heterocycles. The summed E-state index contributed by atoms with van der Waals surface area (Å²) in [5, 5.41) is 6.74. The van der Waals surface area contributed by atoms with Gasteiger partial charge in [-0.05, 0) is 18.8 Å². The minimum absolute atomic E-state index is 0.192. The molecule has 1 aromatic rings. The van der Waals surface area contributed by atoms with Crippen LogP contribution >= 0.6 is 0 Å². The smallest absolute Gasteiger partial charge is 0.0535 e. The van der Waals surface area contributed by atoms with Crippen LogP contribution in [0.3, 0.4) is 0 Å². The molecule has 1 aliphatic rings. The SMILES string of the molecule is NNC(c1cn[nH]c1)C1CCOCC1. The quantitative estimate of drug-likeness (QED) is 0.481. The predicted octanol–water partition coefficient (Wildman–Crippen LogP) is 0.341. The van der Waals surface area contributed by atoms with E-state index in [0.29, 0.717) is 5.92 Å². The van der Waals surface area contributed by atoms with Crippen molar-refractivity contribution in [3.05, 3.63) is 18.0 Å². The Kier molecular flexibility index (Phi) is 3.13. The maximum atomic E-state index is 5.56. The Balaban J connectivity index is 2.04. The Morgan fingerprint density at radius 3 is 2.93 bits per heavy atom. The molecule has 2 rings (SSSR count). The van der Waals surface area contributed by atoms with Gasteiger partial charge in [-0.15, -0.1) is 0 Å². The van der Waals surface area contributed by atoms with Gasteiger partial charge in [0, 0.05) is 25.0 Å². The number of H-pyrrole nitrogens is 1. The van der Waals surface area contributed by atoms with Crippen LogP contribution in [0.1, 0.15) is 24.4 Å². The lowest BCUT2D eigenvalue weighted by atomic mass is 9.89. The Morgan fingerprint density at radius 1 is 1.57 bits per heavy atom. The van der Waals surface area contributed by atoms with Gasteiger partial charge < -0.3 is 4.74 Å². The number of hydrazine groups is 1. The van der Waals surface area contributed by atoms with Crippen molar-refractivity contribution in [3.63, 3.8) is 0 Å². The van der Waals surface area contributed by atoms with Crippen molar-refractivity contribution in [2.24, 2.45) is 11.8 Å². The summed E-state index contributed by atoms with van der Waals surface area (Å²) >= 11 is 0. The maximum Gasteiger partial charge on any atom is 0.0535 e. The number of aromatic nitrogens is 2. The van der Waals surface area contributed by atoms with E-state index in [1.165, 1.54) is 0 Å². The first-order valence-electron chi connectivity index (χ1n) is 4.94. The van der Waals surface area contributed by atoms with Crippen molar-refractivity contribution >= 4 is 0 Å². The third-order valence-corrected chi connectivity index (χ3v) is 2.80. The van der Waals surface area contributed by atoms with Crippen LogP contribution in [-0.2, 0) is 4.74 Å². The molecule has 0 radical (unpaired) electrons. The number of hydrogen-bond donors (Lipinski definition) is 3. The Morgan fingerprint density at radius 2 is 2.36 bits per heavy atom. The van der Waals surface area contributed by atoms with Gasteiger partial charge in [-0.25, -0.2) is 0 Å². The summed E-state index contributed by atoms with van der Waals surface area (Å²) < 4.78 is 5.32. The van der Waals surface area contributed by atoms with Gasteiger partial charge in [-0.3, -0.25) is 16.4 Å². The molecule has 1 fully saturated rings. The number of aromatic amines is 1. The zero-order chi connectivity index (χ0) is 9.80. The van der Waals surface area contributed by atoms with Crippen molar-refractivity contribution in [2.45, 2.75) is 18.9 Å². The van der Waals surface area contributed by atoms with Gasteiger partial charge in [-0.2, -0.15) is 5.10 Å². The lowest BCUT2D eigenvalue weighted by Gasteiger charge is -2.29. The lowest BCUT2D eigenvalue weighted by Crippen LogP contribution is -2.36. The Hall–Kier alpha value is -0.910. The van der Waals surface area contributed by atoms with Gasteiger partial charge in [0.2, 0.25) is 0 Å². The number of rotatable bonds is 3. The highest BCUT2D eigenvalue weighted by atomic mass is 16.5. The molecule has 1 saturated heterocycles. The van der Waals surface area contributed by atoms with E-state index in [1.807, 2.05) is 12.4 Å². The van der Waals surface area contributed by atoms with Crippen LogP contribution in [0.15, 0.2) is 12.4 Å². The summed E-state index contributed by atoms with van der Waals surface area (Å²) in [6.45, 7) is 1.67. The van der Waals surface area contributed by atoms with E-state index in [9.17, 15) is 0 Å². The fourth-order valence-corrected chi connectivity index (χ4v) is 1.98. The lowest BCUT2D eigenvalue weighted by molar-refractivity contribution is 0.0536. The number of nitrogens with two attached hydrogens (primary N) is 1. The van der Waals surface area contributed by atoms with E-state index in [-0.39, 0.29) is 6.04 Å². The largest absolute Gasteiger partial charge is 0.381 e. The first-order valence-corrected chi connectivity index (χ1v) is 4.94. The number of ether oxygens (including phenoxy) is 1. The molecule has 2 heterocycles. The van der Waals surface area contributed by atoms with Crippen molar-refractivity contribution in [1.82, 2.24) is 15.6 Å². The third-order valence-electron chi connectivity index (χ3n) is 2.80. The molecule has 14 heavy (non-hydrogen) atoms. The molecule has 0 saturated carbocycles. The molecule has 1 unspecified atom stereocenters. The first-order chi connectivity index (χ1) is 6.92. The molecule has 5 nitrogen and oxygen atoms in total. The predicted molar refractivity (Wildman–Crippen MR) is 52.2 cm³/mol. The monoisotopic (exact) mass is 196 g/mol. The van der Waals surface area contributed by atoms with Crippen molar-refractivity contribution in [3.8, 4) is 0 Å². The van der Waals surface area contributed by atoms with Gasteiger partial charge in [0.15, 0.2) is 0 Å². The highest BCUT2D eigenvalue weighted by molar-refractivity contribution is 5.10. The molecule has 0 spiro atoms. The average molecular weight is 196 g/mol. The van der Waals surface area contributed by atoms with E-state index in [0.717, 1.165) is 31.6 Å². The fraction of sp³-hybridized carbons (Fsp3) is 0.667. The van der Waals surface area contributed by atoms with Gasteiger partial charge in [0.25, 0.3) is 0 Å². The van der Waals surface area contributed by atoms with E-state index >= 15 is 0 Å². The molecule has 0 aliphatic carbocycles. The topological polar surface area (TPSA) is 76.0 Å². The fourth-order valence-electron chi connectivity index (χ4n) is 1.98. The van der Waals surface area contributed by atoms with E-state index in [4.69, 9.17) is 10.6 Å². The molecule has 0 bridgehead atoms. The highest BCUT2D eigenvalue weighted by Crippen LogP contribution is 2.28. The van der Waals surface area contributed by atoms with Crippen molar-refractivity contribution in [2.75, 3.05) is 13.2 Å². The normalized spacial score (nSPS) is 20.9. The molecule has 1 aromatic heterocycles. The molecular formula is C9H16N4O. The second-order valence-electron chi connectivity index (χ2n) is 3.63. The summed E-state index contributed by atoms with van der Waals surface area (Å²) in [7, 11) is 0. The van der Waals surface area contributed by atoms with Crippen LogP contribution in [0.2, 0.25) is 0 Å². The molecule has 78 valence electrons. The summed E-state index contributed by atoms with van der Waals surface area (Å²) in [4.78, 5) is 0. The summed E-state index contributed by atoms with van der Waals surface area (Å²) in [6, 6.07) is 0.192. The molecular weight excluding hydrogens is 180 g/mol. The average Bonchev–Trinajstić information content (AvgIpc) is 2.74. The van der Waals surface area contributed by atoms with Crippen molar-refractivity contribution < 1.29 is 4.74 Å². The Labute approximate surface area is 83.0 Å². The zero-order valence-electron chi connectivity index (χ0n) is 8.07. The molecule has 5 heteroatoms. The minimum atomic E-state index is 0.192. The first kappa shape index (κ1) is 9.64. The van der Waals surface area contributed by atoms with Crippen LogP contribution in [0.4, 0.5) is 0 Å². The van der Waals surface area contributed by atoms with Gasteiger partial charge in [-0.1, -0.05) is 0 Å². The molecule has 0 aromatic carbocycles. The van der Waals surface area contributed by atoms with Crippen LogP contribution in [0.5, 0.6) is 0 Å². The second-order valence-corrected chi connectivity index (χ2v) is 3.63. The second kappa shape index (κ2) is 4.54. The summed E-state index contributed by atoms with van der Waals surface area (Å²) in [5.41, 5.74) is 3.98. The van der Waals surface area contributed by atoms with Crippen LogP contribution in [0.25, 0.3) is 0 Å².